The van der Waals surface area contributed by atoms with Crippen molar-refractivity contribution in [3.05, 3.63) is 71.3 Å². The highest BCUT2D eigenvalue weighted by Crippen LogP contribution is 2.27. The van der Waals surface area contributed by atoms with E-state index in [0.29, 0.717) is 50.0 Å². The van der Waals surface area contributed by atoms with Crippen molar-refractivity contribution in [2.75, 3.05) is 56.7 Å². The van der Waals surface area contributed by atoms with Gasteiger partial charge in [0, 0.05) is 56.4 Å². The summed E-state index contributed by atoms with van der Waals surface area (Å²) in [5.74, 6) is 1.06. The summed E-state index contributed by atoms with van der Waals surface area (Å²) < 4.78 is 18.5. The summed E-state index contributed by atoms with van der Waals surface area (Å²) in [5.41, 5.74) is 1.77. The van der Waals surface area contributed by atoms with Gasteiger partial charge >= 0.3 is 6.09 Å². The minimum absolute atomic E-state index is 0.169. The molecule has 1 amide bonds. The van der Waals surface area contributed by atoms with Crippen molar-refractivity contribution >= 4 is 34.6 Å². The number of anilines is 3. The Balaban J connectivity index is 1.32. The molecule has 6 rings (SSSR count). The fourth-order valence-electron chi connectivity index (χ4n) is 5.78. The van der Waals surface area contributed by atoms with Crippen LogP contribution in [0.2, 0.25) is 0 Å². The summed E-state index contributed by atoms with van der Waals surface area (Å²) in [4.78, 5) is 44.9. The van der Waals surface area contributed by atoms with E-state index in [0.717, 1.165) is 35.5 Å². The Labute approximate surface area is 262 Å². The fourth-order valence-corrected chi connectivity index (χ4v) is 5.78. The molecule has 12 nitrogen and oxygen atoms in total. The molecule has 0 spiro atoms. The third-order valence-electron chi connectivity index (χ3n) is 8.00. The van der Waals surface area contributed by atoms with Gasteiger partial charge < -0.3 is 29.3 Å². The second kappa shape index (κ2) is 12.8. The van der Waals surface area contributed by atoms with Crippen molar-refractivity contribution in [3.8, 4) is 11.1 Å². The van der Waals surface area contributed by atoms with Gasteiger partial charge in [-0.05, 0) is 44.5 Å². The number of pyridine rings is 2. The van der Waals surface area contributed by atoms with Crippen molar-refractivity contribution in [2.24, 2.45) is 5.92 Å². The van der Waals surface area contributed by atoms with Crippen molar-refractivity contribution in [2.45, 2.75) is 39.0 Å². The quantitative estimate of drug-likeness (QED) is 0.322. The number of aromatic nitrogens is 4. The monoisotopic (exact) mass is 613 g/mol. The molecule has 1 N–H and O–H groups in total. The molecule has 2 saturated heterocycles. The van der Waals surface area contributed by atoms with E-state index < -0.39 is 11.7 Å². The first-order valence-corrected chi connectivity index (χ1v) is 15.2. The molecule has 0 saturated carbocycles. The normalized spacial score (nSPS) is 18.8. The number of likely N-dealkylation sites (tertiary alicyclic amines) is 1. The third-order valence-corrected chi connectivity index (χ3v) is 8.00. The zero-order valence-electron chi connectivity index (χ0n) is 26.1. The van der Waals surface area contributed by atoms with Gasteiger partial charge in [-0.25, -0.2) is 14.8 Å². The van der Waals surface area contributed by atoms with Crippen LogP contribution in [0.25, 0.3) is 22.2 Å². The molecule has 2 aliphatic heterocycles. The average molecular weight is 614 g/mol. The number of nitrogens with zero attached hydrogens (tertiary/aromatic N) is 6. The zero-order valence-corrected chi connectivity index (χ0v) is 26.1. The minimum atomic E-state index is -0.617. The number of morpholine rings is 1. The summed E-state index contributed by atoms with van der Waals surface area (Å²) in [5, 5.41) is 3.96. The summed E-state index contributed by atoms with van der Waals surface area (Å²) in [6, 6.07) is 15.3. The maximum absolute atomic E-state index is 14.1. The topological polar surface area (TPSA) is 124 Å². The lowest BCUT2D eigenvalue weighted by Gasteiger charge is -2.27. The molecule has 0 bridgehead atoms. The Kier molecular flexibility index (Phi) is 8.68. The molecule has 3 aromatic heterocycles. The standard InChI is InChI=1S/C33H39N7O5/c1-33(2,3)45-32(42)39-19-24(27(21-39)43-4)20-40-29-23(16-26(30(40)41)22-8-6-5-7-9-22)17-35-31(37-29)36-25-10-11-28(34-18-25)38-12-14-44-15-13-38/h5-11,16-18,24,27H,12-15,19-21H2,1-4H3,(H,35,36,37)/t24-,27+/m0/s1. The number of methoxy groups -OCH3 is 1. The van der Waals surface area contributed by atoms with Crippen LogP contribution in [0, 0.1) is 5.92 Å². The Morgan fingerprint density at radius 1 is 1.04 bits per heavy atom. The first-order valence-electron chi connectivity index (χ1n) is 15.2. The van der Waals surface area contributed by atoms with Crippen LogP contribution < -0.4 is 15.8 Å². The first kappa shape index (κ1) is 30.5. The third kappa shape index (κ3) is 6.91. The lowest BCUT2D eigenvalue weighted by atomic mass is 10.0. The number of carbonyl (C=O) groups is 1. The molecule has 12 heteroatoms. The van der Waals surface area contributed by atoms with Crippen LogP contribution in [-0.4, -0.2) is 88.7 Å². The van der Waals surface area contributed by atoms with E-state index >= 15 is 0 Å². The van der Waals surface area contributed by atoms with E-state index in [4.69, 9.17) is 19.2 Å². The van der Waals surface area contributed by atoms with Crippen LogP contribution in [0.15, 0.2) is 65.7 Å². The van der Waals surface area contributed by atoms with Gasteiger partial charge in [-0.1, -0.05) is 30.3 Å². The number of benzene rings is 1. The van der Waals surface area contributed by atoms with E-state index in [1.165, 1.54) is 0 Å². The molecule has 2 fully saturated rings. The predicted molar refractivity (Wildman–Crippen MR) is 172 cm³/mol. The van der Waals surface area contributed by atoms with Gasteiger partial charge in [0.1, 0.15) is 17.1 Å². The molecule has 2 atom stereocenters. The summed E-state index contributed by atoms with van der Waals surface area (Å²) >= 11 is 0. The maximum Gasteiger partial charge on any atom is 0.410 e. The Morgan fingerprint density at radius 3 is 2.51 bits per heavy atom. The SMILES string of the molecule is CO[C@@H]1CN(C(=O)OC(C)(C)C)C[C@H]1Cn1c(=O)c(-c2ccccc2)cc2cnc(Nc3ccc(N4CCOCC4)nc3)nc21. The second-order valence-electron chi connectivity index (χ2n) is 12.4. The van der Waals surface area contributed by atoms with Gasteiger partial charge in [0.2, 0.25) is 5.95 Å². The highest BCUT2D eigenvalue weighted by atomic mass is 16.6. The van der Waals surface area contributed by atoms with Crippen LogP contribution in [0.1, 0.15) is 20.8 Å². The van der Waals surface area contributed by atoms with E-state index in [-0.39, 0.29) is 17.6 Å². The highest BCUT2D eigenvalue weighted by Gasteiger charge is 2.38. The van der Waals surface area contributed by atoms with Gasteiger partial charge in [-0.15, -0.1) is 0 Å². The van der Waals surface area contributed by atoms with Crippen LogP contribution in [0.4, 0.5) is 22.2 Å². The molecule has 1 aromatic carbocycles. The molecule has 0 aliphatic carbocycles. The Morgan fingerprint density at radius 2 is 1.82 bits per heavy atom. The second-order valence-corrected chi connectivity index (χ2v) is 12.4. The Hall–Kier alpha value is -4.55. The van der Waals surface area contributed by atoms with Crippen LogP contribution in [0.5, 0.6) is 0 Å². The van der Waals surface area contributed by atoms with Crippen LogP contribution in [-0.2, 0) is 20.8 Å². The number of ether oxygens (including phenoxy) is 3. The molecule has 2 aliphatic rings. The average Bonchev–Trinajstić information content (AvgIpc) is 3.46. The maximum atomic E-state index is 14.1. The van der Waals surface area contributed by atoms with E-state index in [9.17, 15) is 9.59 Å². The molecule has 0 radical (unpaired) electrons. The lowest BCUT2D eigenvalue weighted by molar-refractivity contribution is 0.0251. The van der Waals surface area contributed by atoms with E-state index in [2.05, 4.69) is 20.2 Å². The first-order chi connectivity index (χ1) is 21.7. The lowest BCUT2D eigenvalue weighted by Crippen LogP contribution is -2.36. The number of carbonyl (C=O) groups excluding carboxylic acids is 1. The molecular formula is C33H39N7O5. The summed E-state index contributed by atoms with van der Waals surface area (Å²) in [6.45, 7) is 9.54. The van der Waals surface area contributed by atoms with Crippen molar-refractivity contribution < 1.29 is 19.0 Å². The Bertz CT molecular complexity index is 1700. The molecule has 236 valence electrons. The predicted octanol–water partition coefficient (Wildman–Crippen LogP) is 4.32. The minimum Gasteiger partial charge on any atom is -0.444 e. The number of hydrogen-bond donors (Lipinski definition) is 1. The number of hydrogen-bond acceptors (Lipinski definition) is 10. The highest BCUT2D eigenvalue weighted by molar-refractivity contribution is 5.82. The van der Waals surface area contributed by atoms with E-state index in [1.807, 2.05) is 69.3 Å². The number of nitrogens with one attached hydrogen (secondary N) is 1. The number of fused-ring (bicyclic) bond motifs is 1. The molecular weight excluding hydrogens is 574 g/mol. The number of rotatable bonds is 7. The smallest absolute Gasteiger partial charge is 0.410 e. The van der Waals surface area contributed by atoms with Crippen molar-refractivity contribution in [1.29, 1.82) is 0 Å². The van der Waals surface area contributed by atoms with Gasteiger partial charge in [0.25, 0.3) is 5.56 Å². The number of amides is 1. The molecule has 4 aromatic rings. The van der Waals surface area contributed by atoms with Crippen molar-refractivity contribution in [3.63, 3.8) is 0 Å². The summed E-state index contributed by atoms with van der Waals surface area (Å²) in [7, 11) is 1.63. The molecule has 0 unspecified atom stereocenters. The van der Waals surface area contributed by atoms with Crippen LogP contribution >= 0.6 is 0 Å². The van der Waals surface area contributed by atoms with Gasteiger partial charge in [0.05, 0.1) is 37.7 Å². The molecule has 5 heterocycles. The largest absolute Gasteiger partial charge is 0.444 e. The van der Waals surface area contributed by atoms with Gasteiger partial charge in [-0.3, -0.25) is 9.36 Å². The van der Waals surface area contributed by atoms with Gasteiger partial charge in [-0.2, -0.15) is 4.98 Å². The molecule has 45 heavy (non-hydrogen) atoms. The van der Waals surface area contributed by atoms with Crippen LogP contribution in [0.3, 0.4) is 0 Å². The van der Waals surface area contributed by atoms with Gasteiger partial charge in [0.15, 0.2) is 0 Å². The summed E-state index contributed by atoms with van der Waals surface area (Å²) in [6.07, 6.45) is 2.79. The zero-order chi connectivity index (χ0) is 31.6. The fraction of sp³-hybridized carbons (Fsp3) is 0.424. The van der Waals surface area contributed by atoms with E-state index in [1.54, 1.807) is 29.0 Å². The van der Waals surface area contributed by atoms with Crippen molar-refractivity contribution in [1.82, 2.24) is 24.4 Å².